The minimum Gasteiger partial charge on any atom is -0.324 e. The highest BCUT2D eigenvalue weighted by Gasteiger charge is 2.26. The van der Waals surface area contributed by atoms with E-state index in [-0.39, 0.29) is 16.3 Å². The van der Waals surface area contributed by atoms with E-state index < -0.39 is 21.3 Å². The fourth-order valence-corrected chi connectivity index (χ4v) is 4.77. The number of nitrogens with one attached hydrogen (secondary N) is 1. The maximum Gasteiger partial charge on any atom is 0.270 e. The van der Waals surface area contributed by atoms with Crippen LogP contribution in [0.15, 0.2) is 75.2 Å². The molecule has 0 aliphatic rings. The Hall–Kier alpha value is -3.19. The molecule has 6 nitrogen and oxygen atoms in total. The molecule has 0 atom stereocenters. The SMILES string of the molecule is Cc1ccccc1NC(=O)Cn1c(C)cc(C)c(S(=O)(=O)c2ccccc2)c1=O. The predicted molar refractivity (Wildman–Crippen MR) is 112 cm³/mol. The zero-order valence-corrected chi connectivity index (χ0v) is 17.3. The Bertz CT molecular complexity index is 1230. The molecule has 1 aromatic heterocycles. The van der Waals surface area contributed by atoms with Crippen LogP contribution in [0.1, 0.15) is 16.8 Å². The van der Waals surface area contributed by atoms with Gasteiger partial charge in [0.25, 0.3) is 5.56 Å². The van der Waals surface area contributed by atoms with E-state index in [0.717, 1.165) is 5.56 Å². The number of pyridine rings is 1. The zero-order valence-electron chi connectivity index (χ0n) is 16.5. The number of aryl methyl sites for hydroxylation is 3. The van der Waals surface area contributed by atoms with Crippen LogP contribution in [0, 0.1) is 20.8 Å². The van der Waals surface area contributed by atoms with Gasteiger partial charge in [0, 0.05) is 11.4 Å². The van der Waals surface area contributed by atoms with Crippen molar-refractivity contribution in [1.82, 2.24) is 4.57 Å². The molecule has 7 heteroatoms. The fraction of sp³-hybridized carbons (Fsp3) is 0.182. The van der Waals surface area contributed by atoms with Crippen LogP contribution < -0.4 is 10.9 Å². The maximum absolute atomic E-state index is 13.1. The third kappa shape index (κ3) is 4.14. The van der Waals surface area contributed by atoms with Crippen molar-refractivity contribution in [2.75, 3.05) is 5.32 Å². The number of rotatable bonds is 5. The first-order valence-corrected chi connectivity index (χ1v) is 10.6. The number of benzene rings is 2. The molecule has 3 aromatic rings. The molecule has 0 aliphatic heterocycles. The number of para-hydroxylation sites is 1. The molecule has 0 radical (unpaired) electrons. The number of amides is 1. The zero-order chi connectivity index (χ0) is 21.2. The van der Waals surface area contributed by atoms with Crippen LogP contribution >= 0.6 is 0 Å². The molecule has 2 aromatic carbocycles. The second-order valence-electron chi connectivity index (χ2n) is 6.87. The predicted octanol–water partition coefficient (Wildman–Crippen LogP) is 3.25. The number of nitrogens with zero attached hydrogens (tertiary/aromatic N) is 1. The van der Waals surface area contributed by atoms with Crippen molar-refractivity contribution in [1.29, 1.82) is 0 Å². The van der Waals surface area contributed by atoms with Gasteiger partial charge < -0.3 is 9.88 Å². The largest absolute Gasteiger partial charge is 0.324 e. The Balaban J connectivity index is 2.01. The summed E-state index contributed by atoms with van der Waals surface area (Å²) in [4.78, 5) is 25.4. The van der Waals surface area contributed by atoms with Crippen LogP contribution in [0.5, 0.6) is 0 Å². The van der Waals surface area contributed by atoms with Gasteiger partial charge in [0.15, 0.2) is 0 Å². The van der Waals surface area contributed by atoms with Gasteiger partial charge in [-0.3, -0.25) is 9.59 Å². The minimum atomic E-state index is -4.01. The second-order valence-corrected chi connectivity index (χ2v) is 8.76. The molecule has 150 valence electrons. The lowest BCUT2D eigenvalue weighted by Gasteiger charge is -2.15. The van der Waals surface area contributed by atoms with Gasteiger partial charge in [-0.05, 0) is 56.2 Å². The number of sulfone groups is 1. The van der Waals surface area contributed by atoms with E-state index in [9.17, 15) is 18.0 Å². The lowest BCUT2D eigenvalue weighted by Crippen LogP contribution is -2.33. The highest BCUT2D eigenvalue weighted by molar-refractivity contribution is 7.91. The Kier molecular flexibility index (Phi) is 5.70. The van der Waals surface area contributed by atoms with E-state index >= 15 is 0 Å². The summed E-state index contributed by atoms with van der Waals surface area (Å²) in [6.45, 7) is 4.84. The number of aromatic nitrogens is 1. The summed E-state index contributed by atoms with van der Waals surface area (Å²) in [5, 5.41) is 2.77. The molecule has 0 spiro atoms. The van der Waals surface area contributed by atoms with Gasteiger partial charge in [0.05, 0.1) is 4.90 Å². The summed E-state index contributed by atoms with van der Waals surface area (Å²) in [5.74, 6) is -0.406. The highest BCUT2D eigenvalue weighted by atomic mass is 32.2. The topological polar surface area (TPSA) is 85.2 Å². The fourth-order valence-electron chi connectivity index (χ4n) is 3.20. The van der Waals surface area contributed by atoms with E-state index in [1.54, 1.807) is 50.2 Å². The molecule has 0 saturated carbocycles. The van der Waals surface area contributed by atoms with Crippen molar-refractivity contribution in [3.63, 3.8) is 0 Å². The van der Waals surface area contributed by atoms with Crippen molar-refractivity contribution >= 4 is 21.4 Å². The van der Waals surface area contributed by atoms with Gasteiger partial charge in [0.1, 0.15) is 11.4 Å². The molecule has 1 amide bonds. The van der Waals surface area contributed by atoms with Crippen molar-refractivity contribution in [3.05, 3.63) is 87.8 Å². The molecule has 0 aliphatic carbocycles. The first-order chi connectivity index (χ1) is 13.7. The van der Waals surface area contributed by atoms with Gasteiger partial charge >= 0.3 is 0 Å². The number of carbonyl (C=O) groups excluding carboxylic acids is 1. The van der Waals surface area contributed by atoms with Crippen molar-refractivity contribution < 1.29 is 13.2 Å². The van der Waals surface area contributed by atoms with Gasteiger partial charge in [-0.15, -0.1) is 0 Å². The molecule has 1 N–H and O–H groups in total. The maximum atomic E-state index is 13.1. The van der Waals surface area contributed by atoms with E-state index in [4.69, 9.17) is 0 Å². The number of hydrogen-bond donors (Lipinski definition) is 1. The first-order valence-electron chi connectivity index (χ1n) is 9.08. The Morgan fingerprint density at radius 3 is 2.21 bits per heavy atom. The van der Waals surface area contributed by atoms with Crippen LogP contribution in [0.3, 0.4) is 0 Å². The highest BCUT2D eigenvalue weighted by Crippen LogP contribution is 2.21. The summed E-state index contributed by atoms with van der Waals surface area (Å²) < 4.78 is 27.3. The van der Waals surface area contributed by atoms with Crippen LogP contribution in [0.2, 0.25) is 0 Å². The summed E-state index contributed by atoms with van der Waals surface area (Å²) in [6, 6.07) is 16.7. The number of carbonyl (C=O) groups is 1. The second kappa shape index (κ2) is 8.05. The lowest BCUT2D eigenvalue weighted by atomic mass is 10.2. The van der Waals surface area contributed by atoms with E-state index in [1.165, 1.54) is 16.7 Å². The van der Waals surface area contributed by atoms with Gasteiger partial charge in [-0.1, -0.05) is 36.4 Å². The number of anilines is 1. The molecule has 29 heavy (non-hydrogen) atoms. The van der Waals surface area contributed by atoms with E-state index in [1.807, 2.05) is 19.1 Å². The monoisotopic (exact) mass is 410 g/mol. The lowest BCUT2D eigenvalue weighted by molar-refractivity contribution is -0.116. The van der Waals surface area contributed by atoms with E-state index in [0.29, 0.717) is 16.9 Å². The van der Waals surface area contributed by atoms with Crippen molar-refractivity contribution in [2.24, 2.45) is 0 Å². The van der Waals surface area contributed by atoms with Gasteiger partial charge in [-0.2, -0.15) is 0 Å². The molecule has 3 rings (SSSR count). The minimum absolute atomic E-state index is 0.0416. The Morgan fingerprint density at radius 2 is 1.55 bits per heavy atom. The van der Waals surface area contributed by atoms with Gasteiger partial charge in [-0.25, -0.2) is 8.42 Å². The van der Waals surface area contributed by atoms with Crippen molar-refractivity contribution in [3.8, 4) is 0 Å². The molecule has 0 unspecified atom stereocenters. The molecule has 1 heterocycles. The third-order valence-corrected chi connectivity index (χ3v) is 6.62. The molecular formula is C22H22N2O4S. The smallest absolute Gasteiger partial charge is 0.270 e. The van der Waals surface area contributed by atoms with E-state index in [2.05, 4.69) is 5.32 Å². The molecule has 0 saturated heterocycles. The standard InChI is InChI=1S/C22H22N2O4S/c1-15-9-7-8-12-19(15)23-20(25)14-24-17(3)13-16(2)21(22(24)26)29(27,28)18-10-5-4-6-11-18/h4-13H,14H2,1-3H3,(H,23,25). The van der Waals surface area contributed by atoms with Crippen LogP contribution in [0.25, 0.3) is 0 Å². The van der Waals surface area contributed by atoms with Gasteiger partial charge in [0.2, 0.25) is 15.7 Å². The molecular weight excluding hydrogens is 388 g/mol. The average Bonchev–Trinajstić information content (AvgIpc) is 2.67. The molecule has 0 bridgehead atoms. The summed E-state index contributed by atoms with van der Waals surface area (Å²) in [5.41, 5.74) is 1.70. The van der Waals surface area contributed by atoms with Crippen molar-refractivity contribution in [2.45, 2.75) is 37.1 Å². The average molecular weight is 410 g/mol. The normalized spacial score (nSPS) is 11.3. The first kappa shape index (κ1) is 20.5. The Labute approximate surface area is 169 Å². The summed E-state index contributed by atoms with van der Waals surface area (Å²) >= 11 is 0. The molecule has 0 fully saturated rings. The van der Waals surface area contributed by atoms with Crippen LogP contribution in [-0.4, -0.2) is 18.9 Å². The summed E-state index contributed by atoms with van der Waals surface area (Å²) in [7, 11) is -4.01. The quantitative estimate of drug-likeness (QED) is 0.700. The Morgan fingerprint density at radius 1 is 0.931 bits per heavy atom. The number of hydrogen-bond acceptors (Lipinski definition) is 4. The van der Waals surface area contributed by atoms with Crippen LogP contribution in [-0.2, 0) is 21.2 Å². The van der Waals surface area contributed by atoms with Crippen LogP contribution in [0.4, 0.5) is 5.69 Å². The third-order valence-electron chi connectivity index (χ3n) is 4.69. The summed E-state index contributed by atoms with van der Waals surface area (Å²) in [6.07, 6.45) is 0.